The Kier molecular flexibility index (Phi) is 4.17. The monoisotopic (exact) mass is 372 g/mol. The first-order valence-electron chi connectivity index (χ1n) is 7.67. The van der Waals surface area contributed by atoms with E-state index in [1.807, 2.05) is 0 Å². The third kappa shape index (κ3) is 2.82. The summed E-state index contributed by atoms with van der Waals surface area (Å²) < 4.78 is 52.2. The van der Waals surface area contributed by atoms with Gasteiger partial charge >= 0.3 is 0 Å². The minimum absolute atomic E-state index is 0.0304. The molecule has 1 saturated heterocycles. The molecular weight excluding hydrogens is 352 g/mol. The summed E-state index contributed by atoms with van der Waals surface area (Å²) in [7, 11) is -5.23. The van der Waals surface area contributed by atoms with E-state index >= 15 is 0 Å². The summed E-state index contributed by atoms with van der Waals surface area (Å²) >= 11 is 0. The van der Waals surface area contributed by atoms with E-state index in [0.29, 0.717) is 23.1 Å². The number of nitrogens with zero attached hydrogens (tertiary/aromatic N) is 4. The summed E-state index contributed by atoms with van der Waals surface area (Å²) in [6.45, 7) is 3.72. The maximum absolute atomic E-state index is 13.0. The fourth-order valence-corrected chi connectivity index (χ4v) is 6.65. The summed E-state index contributed by atoms with van der Waals surface area (Å²) in [5.74, 6) is -0.0929. The molecule has 1 unspecified atom stereocenters. The van der Waals surface area contributed by atoms with Crippen molar-refractivity contribution in [2.45, 2.75) is 31.2 Å². The fraction of sp³-hybridized carbons (Fsp3) is 0.571. The molecule has 0 radical (unpaired) electrons. The van der Waals surface area contributed by atoms with Crippen LogP contribution in [-0.2, 0) is 26.9 Å². The summed E-state index contributed by atoms with van der Waals surface area (Å²) in [6, 6.07) is 1.04. The Morgan fingerprint density at radius 2 is 2.12 bits per heavy atom. The molecule has 8 nitrogen and oxygen atoms in total. The van der Waals surface area contributed by atoms with Crippen LogP contribution in [0.2, 0.25) is 0 Å². The van der Waals surface area contributed by atoms with Gasteiger partial charge in [0.2, 0.25) is 10.0 Å². The SMILES string of the molecule is CCN(C1CCS(=O)(=O)C1)S(=O)(=O)c1cnc2c(c1)c(C)nn2C. The molecule has 10 heteroatoms. The van der Waals surface area contributed by atoms with Crippen molar-refractivity contribution >= 4 is 30.9 Å². The van der Waals surface area contributed by atoms with Gasteiger partial charge < -0.3 is 0 Å². The second-order valence-corrected chi connectivity index (χ2v) is 10.1. The molecule has 132 valence electrons. The molecule has 1 aliphatic heterocycles. The highest BCUT2D eigenvalue weighted by Gasteiger charge is 2.38. The molecule has 24 heavy (non-hydrogen) atoms. The summed E-state index contributed by atoms with van der Waals surface area (Å²) in [6.07, 6.45) is 1.64. The quantitative estimate of drug-likeness (QED) is 0.773. The molecule has 2 aromatic heterocycles. The summed E-state index contributed by atoms with van der Waals surface area (Å²) in [4.78, 5) is 4.28. The van der Waals surface area contributed by atoms with E-state index in [9.17, 15) is 16.8 Å². The van der Waals surface area contributed by atoms with Crippen molar-refractivity contribution in [3.63, 3.8) is 0 Å². The van der Waals surface area contributed by atoms with E-state index in [1.165, 1.54) is 10.5 Å². The highest BCUT2D eigenvalue weighted by atomic mass is 32.2. The Labute approximate surface area is 141 Å². The van der Waals surface area contributed by atoms with E-state index in [0.717, 1.165) is 0 Å². The van der Waals surface area contributed by atoms with Crippen LogP contribution in [-0.4, -0.2) is 60.0 Å². The normalized spacial score (nSPS) is 20.9. The number of aryl methyl sites for hydroxylation is 2. The lowest BCUT2D eigenvalue weighted by Gasteiger charge is -2.25. The van der Waals surface area contributed by atoms with Gasteiger partial charge in [0.15, 0.2) is 15.5 Å². The number of hydrogen-bond donors (Lipinski definition) is 0. The zero-order chi connectivity index (χ0) is 17.7. The highest BCUT2D eigenvalue weighted by Crippen LogP contribution is 2.26. The summed E-state index contributed by atoms with van der Waals surface area (Å²) in [5, 5.41) is 4.92. The first-order chi connectivity index (χ1) is 11.2. The van der Waals surface area contributed by atoms with Gasteiger partial charge in [-0.15, -0.1) is 0 Å². The van der Waals surface area contributed by atoms with Crippen LogP contribution in [0.1, 0.15) is 19.0 Å². The first-order valence-corrected chi connectivity index (χ1v) is 10.9. The standard InChI is InChI=1S/C14H20N4O4S2/c1-4-18(11-5-6-23(19,20)9-11)24(21,22)12-7-13-10(2)16-17(3)14(13)15-8-12/h7-8,11H,4-6,9H2,1-3H3. The minimum atomic E-state index is -3.81. The average Bonchev–Trinajstić information content (AvgIpc) is 2.99. The molecule has 3 rings (SSSR count). The van der Waals surface area contributed by atoms with E-state index < -0.39 is 25.9 Å². The fourth-order valence-electron chi connectivity index (χ4n) is 3.19. The van der Waals surface area contributed by atoms with Crippen LogP contribution >= 0.6 is 0 Å². The average molecular weight is 372 g/mol. The third-order valence-electron chi connectivity index (χ3n) is 4.37. The third-order valence-corrected chi connectivity index (χ3v) is 8.11. The van der Waals surface area contributed by atoms with Gasteiger partial charge in [-0.1, -0.05) is 6.92 Å². The lowest BCUT2D eigenvalue weighted by atomic mass is 10.3. The molecule has 1 aliphatic rings. The number of sulfone groups is 1. The topological polar surface area (TPSA) is 102 Å². The Balaban J connectivity index is 2.04. The molecule has 1 fully saturated rings. The molecule has 0 bridgehead atoms. The second-order valence-electron chi connectivity index (χ2n) is 6.02. The van der Waals surface area contributed by atoms with Crippen molar-refractivity contribution < 1.29 is 16.8 Å². The lowest BCUT2D eigenvalue weighted by Crippen LogP contribution is -2.40. The Morgan fingerprint density at radius 1 is 1.42 bits per heavy atom. The van der Waals surface area contributed by atoms with Crippen molar-refractivity contribution in [3.05, 3.63) is 18.0 Å². The van der Waals surface area contributed by atoms with Crippen LogP contribution in [0.25, 0.3) is 11.0 Å². The maximum atomic E-state index is 13.0. The Bertz CT molecular complexity index is 995. The maximum Gasteiger partial charge on any atom is 0.244 e. The van der Waals surface area contributed by atoms with Crippen LogP contribution in [0, 0.1) is 6.92 Å². The first kappa shape index (κ1) is 17.3. The largest absolute Gasteiger partial charge is 0.250 e. The molecule has 1 atom stereocenters. The Hall–Kier alpha value is -1.52. The number of aromatic nitrogens is 3. The van der Waals surface area contributed by atoms with Gasteiger partial charge in [-0.2, -0.15) is 9.40 Å². The minimum Gasteiger partial charge on any atom is -0.250 e. The van der Waals surface area contributed by atoms with E-state index in [2.05, 4.69) is 10.1 Å². The van der Waals surface area contributed by atoms with Crippen LogP contribution in [0.5, 0.6) is 0 Å². The van der Waals surface area contributed by atoms with Crippen molar-refractivity contribution in [1.29, 1.82) is 0 Å². The number of pyridine rings is 1. The van der Waals surface area contributed by atoms with Gasteiger partial charge in [-0.25, -0.2) is 21.8 Å². The van der Waals surface area contributed by atoms with Crippen LogP contribution in [0.3, 0.4) is 0 Å². The number of sulfonamides is 1. The van der Waals surface area contributed by atoms with Gasteiger partial charge in [-0.3, -0.25) is 4.68 Å². The van der Waals surface area contributed by atoms with Gasteiger partial charge in [0.05, 0.1) is 17.2 Å². The van der Waals surface area contributed by atoms with Gasteiger partial charge in [0, 0.05) is 31.2 Å². The van der Waals surface area contributed by atoms with Crippen LogP contribution < -0.4 is 0 Å². The molecule has 0 saturated carbocycles. The van der Waals surface area contributed by atoms with Gasteiger partial charge in [-0.05, 0) is 19.4 Å². The molecule has 2 aromatic rings. The van der Waals surface area contributed by atoms with Crippen molar-refractivity contribution in [2.75, 3.05) is 18.1 Å². The number of hydrogen-bond acceptors (Lipinski definition) is 6. The highest BCUT2D eigenvalue weighted by molar-refractivity contribution is 7.92. The van der Waals surface area contributed by atoms with Crippen molar-refractivity contribution in [1.82, 2.24) is 19.1 Å². The zero-order valence-electron chi connectivity index (χ0n) is 13.8. The zero-order valence-corrected chi connectivity index (χ0v) is 15.4. The molecule has 3 heterocycles. The van der Waals surface area contributed by atoms with Crippen LogP contribution in [0.15, 0.2) is 17.2 Å². The lowest BCUT2D eigenvalue weighted by molar-refractivity contribution is 0.354. The molecule has 0 aliphatic carbocycles. The number of rotatable bonds is 4. The molecule has 0 N–H and O–H groups in total. The second kappa shape index (κ2) is 5.78. The molecule has 0 aromatic carbocycles. The molecule has 0 amide bonds. The van der Waals surface area contributed by atoms with Crippen LogP contribution in [0.4, 0.5) is 0 Å². The smallest absolute Gasteiger partial charge is 0.244 e. The van der Waals surface area contributed by atoms with Gasteiger partial charge in [0.25, 0.3) is 0 Å². The molecule has 0 spiro atoms. The summed E-state index contributed by atoms with van der Waals surface area (Å²) in [5.41, 5.74) is 1.31. The van der Waals surface area contributed by atoms with E-state index in [-0.39, 0.29) is 22.9 Å². The number of fused-ring (bicyclic) bond motifs is 1. The predicted molar refractivity (Wildman–Crippen MR) is 89.9 cm³/mol. The van der Waals surface area contributed by atoms with Crippen molar-refractivity contribution in [3.8, 4) is 0 Å². The van der Waals surface area contributed by atoms with Gasteiger partial charge in [0.1, 0.15) is 4.90 Å². The Morgan fingerprint density at radius 3 is 2.71 bits per heavy atom. The van der Waals surface area contributed by atoms with E-state index in [4.69, 9.17) is 0 Å². The van der Waals surface area contributed by atoms with Crippen molar-refractivity contribution in [2.24, 2.45) is 7.05 Å². The predicted octanol–water partition coefficient (Wildman–Crippen LogP) is 0.474. The molecular formula is C14H20N4O4S2. The van der Waals surface area contributed by atoms with E-state index in [1.54, 1.807) is 31.6 Å².